The van der Waals surface area contributed by atoms with E-state index in [1.807, 2.05) is 18.2 Å². The van der Waals surface area contributed by atoms with E-state index in [9.17, 15) is 0 Å². The highest BCUT2D eigenvalue weighted by Gasteiger charge is 2.11. The van der Waals surface area contributed by atoms with Gasteiger partial charge in [-0.1, -0.05) is 20.8 Å². The van der Waals surface area contributed by atoms with Crippen LogP contribution in [0.3, 0.4) is 0 Å². The van der Waals surface area contributed by atoms with Gasteiger partial charge in [0.15, 0.2) is 0 Å². The third kappa shape index (κ3) is 2.46. The maximum Gasteiger partial charge on any atom is 0.138 e. The van der Waals surface area contributed by atoms with Crippen LogP contribution in [0.25, 0.3) is 11.0 Å². The molecule has 2 aromatic rings. The third-order valence-electron chi connectivity index (χ3n) is 1.90. The molecule has 4 heteroatoms. The van der Waals surface area contributed by atoms with Crippen LogP contribution in [-0.2, 0) is 0 Å². The molecule has 80 valence electrons. The second-order valence-corrected chi connectivity index (χ2v) is 4.76. The lowest BCUT2D eigenvalue weighted by atomic mass is 9.99. The summed E-state index contributed by atoms with van der Waals surface area (Å²) in [7, 11) is 0. The van der Waals surface area contributed by atoms with E-state index in [2.05, 4.69) is 35.7 Å². The summed E-state index contributed by atoms with van der Waals surface area (Å²) in [6, 6.07) is 5.54. The molecule has 0 aliphatic heterocycles. The molecule has 0 amide bonds. The highest BCUT2D eigenvalue weighted by molar-refractivity contribution is 5.74. The maximum atomic E-state index is 5.64. The van der Waals surface area contributed by atoms with Crippen LogP contribution in [0.15, 0.2) is 22.8 Å². The van der Waals surface area contributed by atoms with Gasteiger partial charge >= 0.3 is 0 Å². The number of ether oxygens (including phenoxy) is 1. The van der Waals surface area contributed by atoms with Crippen LogP contribution >= 0.6 is 0 Å². The summed E-state index contributed by atoms with van der Waals surface area (Å²) in [6.07, 6.45) is 0. The first-order chi connectivity index (χ1) is 7.04. The quantitative estimate of drug-likeness (QED) is 0.757. The van der Waals surface area contributed by atoms with Gasteiger partial charge in [-0.3, -0.25) is 0 Å². The van der Waals surface area contributed by atoms with Crippen molar-refractivity contribution in [2.45, 2.75) is 20.8 Å². The van der Waals surface area contributed by atoms with E-state index in [-0.39, 0.29) is 5.41 Å². The van der Waals surface area contributed by atoms with E-state index in [0.29, 0.717) is 6.61 Å². The van der Waals surface area contributed by atoms with Crippen molar-refractivity contribution in [1.29, 1.82) is 0 Å². The average Bonchev–Trinajstić information content (AvgIpc) is 2.60. The molecule has 0 fully saturated rings. The van der Waals surface area contributed by atoms with E-state index < -0.39 is 0 Å². The molecule has 0 bridgehead atoms. The SMILES string of the molecule is CC(C)(C)COc1ccc2nonc2c1. The summed E-state index contributed by atoms with van der Waals surface area (Å²) >= 11 is 0. The standard InChI is InChI=1S/C11H14N2O2/c1-11(2,3)7-14-8-4-5-9-10(6-8)13-15-12-9/h4-6H,7H2,1-3H3. The zero-order chi connectivity index (χ0) is 10.9. The van der Waals surface area contributed by atoms with E-state index >= 15 is 0 Å². The Labute approximate surface area is 88.2 Å². The van der Waals surface area contributed by atoms with Crippen molar-refractivity contribution in [2.75, 3.05) is 6.61 Å². The maximum absolute atomic E-state index is 5.64. The fourth-order valence-electron chi connectivity index (χ4n) is 1.15. The Kier molecular flexibility index (Phi) is 2.34. The van der Waals surface area contributed by atoms with Gasteiger partial charge in [0.05, 0.1) is 6.61 Å². The topological polar surface area (TPSA) is 48.2 Å². The minimum absolute atomic E-state index is 0.150. The minimum Gasteiger partial charge on any atom is -0.493 e. The summed E-state index contributed by atoms with van der Waals surface area (Å²) in [6.45, 7) is 7.05. The Balaban J connectivity index is 2.15. The summed E-state index contributed by atoms with van der Waals surface area (Å²) in [5.74, 6) is 0.799. The average molecular weight is 206 g/mol. The monoisotopic (exact) mass is 206 g/mol. The zero-order valence-corrected chi connectivity index (χ0v) is 9.15. The smallest absolute Gasteiger partial charge is 0.138 e. The van der Waals surface area contributed by atoms with Gasteiger partial charge in [-0.2, -0.15) is 0 Å². The van der Waals surface area contributed by atoms with E-state index in [1.165, 1.54) is 0 Å². The van der Waals surface area contributed by atoms with Gasteiger partial charge in [-0.15, -0.1) is 0 Å². The van der Waals surface area contributed by atoms with Crippen molar-refractivity contribution in [1.82, 2.24) is 10.3 Å². The predicted octanol–water partition coefficient (Wildman–Crippen LogP) is 2.65. The third-order valence-corrected chi connectivity index (χ3v) is 1.90. The first-order valence-electron chi connectivity index (χ1n) is 4.90. The molecule has 0 saturated carbocycles. The Morgan fingerprint density at radius 3 is 2.67 bits per heavy atom. The number of fused-ring (bicyclic) bond motifs is 1. The van der Waals surface area contributed by atoms with Gasteiger partial charge in [0, 0.05) is 6.07 Å². The zero-order valence-electron chi connectivity index (χ0n) is 9.15. The van der Waals surface area contributed by atoms with E-state index in [0.717, 1.165) is 16.8 Å². The van der Waals surface area contributed by atoms with E-state index in [4.69, 9.17) is 4.74 Å². The summed E-state index contributed by atoms with van der Waals surface area (Å²) in [5, 5.41) is 7.48. The molecule has 0 spiro atoms. The van der Waals surface area contributed by atoms with Crippen molar-refractivity contribution in [3.8, 4) is 5.75 Å². The largest absolute Gasteiger partial charge is 0.493 e. The fourth-order valence-corrected chi connectivity index (χ4v) is 1.15. The Morgan fingerprint density at radius 1 is 1.20 bits per heavy atom. The second kappa shape index (κ2) is 3.53. The van der Waals surface area contributed by atoms with Crippen molar-refractivity contribution in [3.05, 3.63) is 18.2 Å². The summed E-state index contributed by atoms with van der Waals surface area (Å²) in [4.78, 5) is 0. The predicted molar refractivity (Wildman–Crippen MR) is 56.8 cm³/mol. The van der Waals surface area contributed by atoms with Crippen molar-refractivity contribution in [2.24, 2.45) is 5.41 Å². The molecule has 0 saturated heterocycles. The van der Waals surface area contributed by atoms with Crippen LogP contribution in [0.5, 0.6) is 5.75 Å². The molecule has 0 N–H and O–H groups in total. The molecule has 1 aromatic carbocycles. The highest BCUT2D eigenvalue weighted by atomic mass is 16.6. The second-order valence-electron chi connectivity index (χ2n) is 4.76. The van der Waals surface area contributed by atoms with Gasteiger partial charge in [0.2, 0.25) is 0 Å². The lowest BCUT2D eigenvalue weighted by Gasteiger charge is -2.18. The highest BCUT2D eigenvalue weighted by Crippen LogP contribution is 2.20. The molecule has 0 aliphatic carbocycles. The van der Waals surface area contributed by atoms with Gasteiger partial charge in [-0.25, -0.2) is 4.63 Å². The molecule has 1 heterocycles. The molecule has 15 heavy (non-hydrogen) atoms. The lowest BCUT2D eigenvalue weighted by molar-refractivity contribution is 0.198. The van der Waals surface area contributed by atoms with Crippen LogP contribution in [0.4, 0.5) is 0 Å². The number of rotatable bonds is 2. The van der Waals surface area contributed by atoms with Crippen LogP contribution in [0, 0.1) is 5.41 Å². The van der Waals surface area contributed by atoms with Crippen LogP contribution in [0.2, 0.25) is 0 Å². The molecular weight excluding hydrogens is 192 g/mol. The molecule has 2 rings (SSSR count). The van der Waals surface area contributed by atoms with Gasteiger partial charge < -0.3 is 4.74 Å². The molecule has 0 unspecified atom stereocenters. The van der Waals surface area contributed by atoms with Gasteiger partial charge in [0.25, 0.3) is 0 Å². The van der Waals surface area contributed by atoms with Crippen LogP contribution in [-0.4, -0.2) is 16.9 Å². The summed E-state index contributed by atoms with van der Waals surface area (Å²) in [5.41, 5.74) is 1.62. The first-order valence-corrected chi connectivity index (χ1v) is 4.90. The Hall–Kier alpha value is -1.58. The van der Waals surface area contributed by atoms with Crippen LogP contribution < -0.4 is 4.74 Å². The minimum atomic E-state index is 0.150. The number of hydrogen-bond donors (Lipinski definition) is 0. The molecule has 4 nitrogen and oxygen atoms in total. The number of hydrogen-bond acceptors (Lipinski definition) is 4. The molecule has 0 aliphatic rings. The Bertz CT molecular complexity index is 457. The summed E-state index contributed by atoms with van der Waals surface area (Å²) < 4.78 is 10.2. The number of nitrogens with zero attached hydrogens (tertiary/aromatic N) is 2. The molecule has 0 atom stereocenters. The molecule has 0 radical (unpaired) electrons. The number of benzene rings is 1. The Morgan fingerprint density at radius 2 is 1.93 bits per heavy atom. The van der Waals surface area contributed by atoms with Gasteiger partial charge in [0.1, 0.15) is 16.8 Å². The molecular formula is C11H14N2O2. The molecule has 1 aromatic heterocycles. The normalized spacial score (nSPS) is 11.9. The first kappa shape index (κ1) is 9.96. The lowest BCUT2D eigenvalue weighted by Crippen LogP contribution is -2.16. The van der Waals surface area contributed by atoms with Crippen LogP contribution in [0.1, 0.15) is 20.8 Å². The van der Waals surface area contributed by atoms with Crippen molar-refractivity contribution in [3.63, 3.8) is 0 Å². The van der Waals surface area contributed by atoms with E-state index in [1.54, 1.807) is 0 Å². The number of aromatic nitrogens is 2. The van der Waals surface area contributed by atoms with Crippen molar-refractivity contribution >= 4 is 11.0 Å². The van der Waals surface area contributed by atoms with Crippen molar-refractivity contribution < 1.29 is 9.37 Å². The fraction of sp³-hybridized carbons (Fsp3) is 0.455. The van der Waals surface area contributed by atoms with Gasteiger partial charge in [-0.05, 0) is 27.9 Å².